The molecule has 23 heavy (non-hydrogen) atoms. The fourth-order valence-electron chi connectivity index (χ4n) is 1.89. The molecule has 114 valence electrons. The van der Waals surface area contributed by atoms with Crippen molar-refractivity contribution in [2.45, 2.75) is 0 Å². The van der Waals surface area contributed by atoms with Gasteiger partial charge in [-0.2, -0.15) is 5.26 Å². The summed E-state index contributed by atoms with van der Waals surface area (Å²) in [5.41, 5.74) is 1.89. The third kappa shape index (κ3) is 4.44. The summed E-state index contributed by atoms with van der Waals surface area (Å²) in [6.07, 6.45) is 6.84. The van der Waals surface area contributed by atoms with Gasteiger partial charge in [0.1, 0.15) is 6.61 Å². The number of nitrogens with zero attached hydrogens (tertiary/aromatic N) is 1. The summed E-state index contributed by atoms with van der Waals surface area (Å²) in [5.74, 6) is 2.67. The molecule has 2 nitrogen and oxygen atoms in total. The minimum Gasteiger partial charge on any atom is -0.478 e. The van der Waals surface area contributed by atoms with E-state index < -0.39 is 0 Å². The molecule has 0 amide bonds. The van der Waals surface area contributed by atoms with Gasteiger partial charge < -0.3 is 4.74 Å². The normalized spacial score (nSPS) is 10.7. The summed E-state index contributed by atoms with van der Waals surface area (Å²) in [7, 11) is 0. The molecule has 0 saturated heterocycles. The predicted molar refractivity (Wildman–Crippen MR) is 95.7 cm³/mol. The molecule has 0 unspecified atom stereocenters. The lowest BCUT2D eigenvalue weighted by Crippen LogP contribution is -1.95. The maximum atomic E-state index is 9.36. The minimum atomic E-state index is 0.0723. The molecule has 0 bridgehead atoms. The standard InChI is InChI=1S/C18H10Cl3NO/c1-2-7-23-18-16(20)9-12(10-17(18)21)8-14(11-22)13-3-5-15(19)6-4-13/h1,3-6,8-10H,7H2. The smallest absolute Gasteiger partial charge is 0.157 e. The fraction of sp³-hybridized carbons (Fsp3) is 0.0556. The molecule has 0 fully saturated rings. The van der Waals surface area contributed by atoms with Gasteiger partial charge in [-0.3, -0.25) is 0 Å². The zero-order valence-corrected chi connectivity index (χ0v) is 14.1. The van der Waals surface area contributed by atoms with Gasteiger partial charge in [0.15, 0.2) is 5.75 Å². The predicted octanol–water partition coefficient (Wildman–Crippen LogP) is 5.72. The topological polar surface area (TPSA) is 33.0 Å². The van der Waals surface area contributed by atoms with E-state index in [2.05, 4.69) is 12.0 Å². The summed E-state index contributed by atoms with van der Waals surface area (Å²) in [5, 5.41) is 10.6. The van der Waals surface area contributed by atoms with Crippen LogP contribution in [0.3, 0.4) is 0 Å². The first kappa shape index (κ1) is 17.3. The van der Waals surface area contributed by atoms with E-state index in [9.17, 15) is 5.26 Å². The molecule has 5 heteroatoms. The van der Waals surface area contributed by atoms with Gasteiger partial charge >= 0.3 is 0 Å². The first-order valence-corrected chi connectivity index (χ1v) is 7.61. The average Bonchev–Trinajstić information content (AvgIpc) is 2.53. The molecular weight excluding hydrogens is 353 g/mol. The highest BCUT2D eigenvalue weighted by Gasteiger charge is 2.10. The third-order valence-electron chi connectivity index (χ3n) is 2.91. The lowest BCUT2D eigenvalue weighted by molar-refractivity contribution is 0.371. The second kappa shape index (κ2) is 7.95. The second-order valence-electron chi connectivity index (χ2n) is 4.48. The molecule has 0 heterocycles. The van der Waals surface area contributed by atoms with Crippen molar-refractivity contribution >= 4 is 46.5 Å². The highest BCUT2D eigenvalue weighted by molar-refractivity contribution is 6.37. The van der Waals surface area contributed by atoms with Gasteiger partial charge in [-0.1, -0.05) is 52.9 Å². The second-order valence-corrected chi connectivity index (χ2v) is 5.73. The number of allylic oxidation sites excluding steroid dienone is 1. The van der Waals surface area contributed by atoms with Gasteiger partial charge in [-0.05, 0) is 41.5 Å². The van der Waals surface area contributed by atoms with E-state index in [4.69, 9.17) is 46.0 Å². The monoisotopic (exact) mass is 361 g/mol. The van der Waals surface area contributed by atoms with Gasteiger partial charge in [-0.25, -0.2) is 0 Å². The number of hydrogen-bond donors (Lipinski definition) is 0. The van der Waals surface area contributed by atoms with Gasteiger partial charge in [0.2, 0.25) is 0 Å². The Bertz CT molecular complexity index is 804. The van der Waals surface area contributed by atoms with Crippen molar-refractivity contribution in [2.75, 3.05) is 6.61 Å². The molecule has 2 aromatic carbocycles. The quantitative estimate of drug-likeness (QED) is 0.396. The summed E-state index contributed by atoms with van der Waals surface area (Å²) in [6, 6.07) is 12.4. The Hall–Kier alpha value is -2.10. The molecule has 0 aliphatic carbocycles. The number of ether oxygens (including phenoxy) is 1. The minimum absolute atomic E-state index is 0.0723. The van der Waals surface area contributed by atoms with Crippen molar-refractivity contribution < 1.29 is 4.74 Å². The van der Waals surface area contributed by atoms with E-state index in [0.717, 1.165) is 5.56 Å². The van der Waals surface area contributed by atoms with Crippen LogP contribution in [0.4, 0.5) is 0 Å². The van der Waals surface area contributed by atoms with Crippen LogP contribution in [-0.4, -0.2) is 6.61 Å². The van der Waals surface area contributed by atoms with E-state index in [0.29, 0.717) is 32.0 Å². The van der Waals surface area contributed by atoms with Crippen molar-refractivity contribution in [3.05, 3.63) is 62.6 Å². The van der Waals surface area contributed by atoms with E-state index in [1.165, 1.54) is 0 Å². The number of rotatable bonds is 4. The zero-order valence-electron chi connectivity index (χ0n) is 11.8. The van der Waals surface area contributed by atoms with Crippen molar-refractivity contribution in [3.8, 4) is 24.2 Å². The Morgan fingerprint density at radius 2 is 1.74 bits per heavy atom. The molecule has 2 aromatic rings. The summed E-state index contributed by atoms with van der Waals surface area (Å²) in [6.45, 7) is 0.0723. The SMILES string of the molecule is C#CCOc1c(Cl)cc(C=C(C#N)c2ccc(Cl)cc2)cc1Cl. The van der Waals surface area contributed by atoms with Crippen LogP contribution in [0.5, 0.6) is 5.75 Å². The maximum absolute atomic E-state index is 9.36. The van der Waals surface area contributed by atoms with Gasteiger partial charge in [0, 0.05) is 5.02 Å². The maximum Gasteiger partial charge on any atom is 0.157 e. The van der Waals surface area contributed by atoms with Gasteiger partial charge in [-0.15, -0.1) is 6.42 Å². The van der Waals surface area contributed by atoms with Gasteiger partial charge in [0.05, 0.1) is 21.7 Å². The Labute approximate surface area is 149 Å². The molecule has 0 radical (unpaired) electrons. The lowest BCUT2D eigenvalue weighted by Gasteiger charge is -2.09. The lowest BCUT2D eigenvalue weighted by atomic mass is 10.0. The number of benzene rings is 2. The largest absolute Gasteiger partial charge is 0.478 e. The third-order valence-corrected chi connectivity index (χ3v) is 3.72. The first-order chi connectivity index (χ1) is 11.0. The number of hydrogen-bond acceptors (Lipinski definition) is 2. The Morgan fingerprint density at radius 1 is 1.13 bits per heavy atom. The number of halogens is 3. The van der Waals surface area contributed by atoms with Gasteiger partial charge in [0.25, 0.3) is 0 Å². The van der Waals surface area contributed by atoms with Crippen LogP contribution in [0.25, 0.3) is 11.6 Å². The molecule has 0 aromatic heterocycles. The highest BCUT2D eigenvalue weighted by atomic mass is 35.5. The molecular formula is C18H10Cl3NO. The van der Waals surface area contributed by atoms with E-state index >= 15 is 0 Å². The van der Waals surface area contributed by atoms with E-state index in [1.54, 1.807) is 42.5 Å². The number of terminal acetylenes is 1. The first-order valence-electron chi connectivity index (χ1n) is 6.48. The Morgan fingerprint density at radius 3 is 2.26 bits per heavy atom. The summed E-state index contributed by atoms with van der Waals surface area (Å²) < 4.78 is 5.30. The van der Waals surface area contributed by atoms with Crippen LogP contribution in [0, 0.1) is 23.7 Å². The van der Waals surface area contributed by atoms with Crippen molar-refractivity contribution in [1.82, 2.24) is 0 Å². The van der Waals surface area contributed by atoms with Crippen molar-refractivity contribution in [2.24, 2.45) is 0 Å². The highest BCUT2D eigenvalue weighted by Crippen LogP contribution is 2.35. The zero-order chi connectivity index (χ0) is 16.8. The molecule has 0 aliphatic heterocycles. The summed E-state index contributed by atoms with van der Waals surface area (Å²) in [4.78, 5) is 0. The summed E-state index contributed by atoms with van der Waals surface area (Å²) >= 11 is 18.2. The Kier molecular flexibility index (Phi) is 5.97. The van der Waals surface area contributed by atoms with E-state index in [-0.39, 0.29) is 6.61 Å². The van der Waals surface area contributed by atoms with Crippen LogP contribution < -0.4 is 4.74 Å². The van der Waals surface area contributed by atoms with Crippen LogP contribution in [0.1, 0.15) is 11.1 Å². The molecule has 0 spiro atoms. The molecule has 0 N–H and O–H groups in total. The van der Waals surface area contributed by atoms with E-state index in [1.807, 2.05) is 0 Å². The fourth-order valence-corrected chi connectivity index (χ4v) is 2.63. The molecule has 2 rings (SSSR count). The number of nitriles is 1. The van der Waals surface area contributed by atoms with Crippen LogP contribution in [0.2, 0.25) is 15.1 Å². The molecule has 0 aliphatic rings. The molecule has 0 saturated carbocycles. The van der Waals surface area contributed by atoms with Crippen molar-refractivity contribution in [1.29, 1.82) is 5.26 Å². The van der Waals surface area contributed by atoms with Crippen LogP contribution in [0.15, 0.2) is 36.4 Å². The van der Waals surface area contributed by atoms with Crippen LogP contribution >= 0.6 is 34.8 Å². The Balaban J connectivity index is 2.39. The average molecular weight is 363 g/mol. The van der Waals surface area contributed by atoms with Crippen molar-refractivity contribution in [3.63, 3.8) is 0 Å². The van der Waals surface area contributed by atoms with Crippen LogP contribution in [-0.2, 0) is 0 Å². The molecule has 0 atom stereocenters.